The van der Waals surface area contributed by atoms with Crippen molar-refractivity contribution < 1.29 is 9.53 Å². The molecule has 23 heavy (non-hydrogen) atoms. The third-order valence-corrected chi connectivity index (χ3v) is 4.39. The number of carbonyl (C=O) groups is 1. The van der Waals surface area contributed by atoms with E-state index in [9.17, 15) is 4.79 Å². The zero-order chi connectivity index (χ0) is 16.3. The van der Waals surface area contributed by atoms with Crippen LogP contribution in [0.1, 0.15) is 31.7 Å². The number of carbonyl (C=O) groups excluding carboxylic acids is 1. The van der Waals surface area contributed by atoms with E-state index in [1.165, 1.54) is 0 Å². The number of aromatic nitrogens is 2. The SMILES string of the molecule is CN(Cc1ccc(-n2cccn2)cc1)C(=O)[C@]1(C)CCCCO1. The molecule has 1 fully saturated rings. The Morgan fingerprint density at radius 2 is 2.13 bits per heavy atom. The molecule has 122 valence electrons. The van der Waals surface area contributed by atoms with Crippen LogP contribution in [0.2, 0.25) is 0 Å². The quantitative estimate of drug-likeness (QED) is 0.872. The van der Waals surface area contributed by atoms with Crippen LogP contribution in [-0.4, -0.2) is 39.8 Å². The molecule has 1 atom stereocenters. The summed E-state index contributed by atoms with van der Waals surface area (Å²) in [5, 5.41) is 4.21. The van der Waals surface area contributed by atoms with Crippen molar-refractivity contribution in [1.82, 2.24) is 14.7 Å². The number of nitrogens with zero attached hydrogens (tertiary/aromatic N) is 3. The van der Waals surface area contributed by atoms with Gasteiger partial charge >= 0.3 is 0 Å². The lowest BCUT2D eigenvalue weighted by Crippen LogP contribution is -2.48. The number of hydrogen-bond acceptors (Lipinski definition) is 3. The summed E-state index contributed by atoms with van der Waals surface area (Å²) in [6.45, 7) is 3.16. The van der Waals surface area contributed by atoms with Gasteiger partial charge in [0.05, 0.1) is 5.69 Å². The number of rotatable bonds is 4. The van der Waals surface area contributed by atoms with E-state index in [1.54, 1.807) is 11.1 Å². The Morgan fingerprint density at radius 1 is 1.35 bits per heavy atom. The first-order valence-electron chi connectivity index (χ1n) is 8.07. The number of ether oxygens (including phenoxy) is 1. The maximum Gasteiger partial charge on any atom is 0.254 e. The van der Waals surface area contributed by atoms with Crippen LogP contribution in [0.25, 0.3) is 5.69 Å². The molecular weight excluding hydrogens is 290 g/mol. The zero-order valence-electron chi connectivity index (χ0n) is 13.7. The Kier molecular flexibility index (Phi) is 4.48. The maximum absolute atomic E-state index is 12.7. The molecule has 1 saturated heterocycles. The van der Waals surface area contributed by atoms with Crippen molar-refractivity contribution in [2.75, 3.05) is 13.7 Å². The third-order valence-electron chi connectivity index (χ3n) is 4.39. The standard InChI is InChI=1S/C18H23N3O2/c1-18(10-3-4-13-23-18)17(22)20(2)14-15-6-8-16(9-7-15)21-12-5-11-19-21/h5-9,11-12H,3-4,10,13-14H2,1-2H3/t18-/m0/s1. The Morgan fingerprint density at radius 3 is 2.74 bits per heavy atom. The summed E-state index contributed by atoms with van der Waals surface area (Å²) in [7, 11) is 1.84. The normalized spacial score (nSPS) is 21.1. The smallest absolute Gasteiger partial charge is 0.254 e. The van der Waals surface area contributed by atoms with Crippen LogP contribution in [0, 0.1) is 0 Å². The van der Waals surface area contributed by atoms with Gasteiger partial charge in [0.2, 0.25) is 0 Å². The van der Waals surface area contributed by atoms with Crippen molar-refractivity contribution in [1.29, 1.82) is 0 Å². The molecule has 3 rings (SSSR count). The van der Waals surface area contributed by atoms with Gasteiger partial charge in [-0.05, 0) is 49.9 Å². The lowest BCUT2D eigenvalue weighted by molar-refractivity contribution is -0.161. The lowest BCUT2D eigenvalue weighted by Gasteiger charge is -2.35. The van der Waals surface area contributed by atoms with E-state index >= 15 is 0 Å². The first-order valence-corrected chi connectivity index (χ1v) is 8.07. The van der Waals surface area contributed by atoms with Gasteiger partial charge in [-0.3, -0.25) is 4.79 Å². The van der Waals surface area contributed by atoms with Gasteiger partial charge in [-0.25, -0.2) is 4.68 Å². The fourth-order valence-electron chi connectivity index (χ4n) is 3.03. The molecule has 2 heterocycles. The highest BCUT2D eigenvalue weighted by molar-refractivity contribution is 5.84. The molecule has 0 spiro atoms. The van der Waals surface area contributed by atoms with Crippen LogP contribution in [0.15, 0.2) is 42.7 Å². The first-order chi connectivity index (χ1) is 11.1. The maximum atomic E-state index is 12.7. The number of likely N-dealkylation sites (N-methyl/N-ethyl adjacent to an activating group) is 1. The second-order valence-electron chi connectivity index (χ2n) is 6.31. The third kappa shape index (κ3) is 3.45. The predicted molar refractivity (Wildman–Crippen MR) is 88.2 cm³/mol. The molecule has 5 nitrogen and oxygen atoms in total. The lowest BCUT2D eigenvalue weighted by atomic mass is 9.94. The predicted octanol–water partition coefficient (Wildman–Crippen LogP) is 2.79. The van der Waals surface area contributed by atoms with Crippen molar-refractivity contribution in [3.05, 3.63) is 48.3 Å². The molecule has 1 aliphatic rings. The second kappa shape index (κ2) is 6.54. The van der Waals surface area contributed by atoms with Crippen LogP contribution in [0.4, 0.5) is 0 Å². The number of hydrogen-bond donors (Lipinski definition) is 0. The Labute approximate surface area is 136 Å². The Hall–Kier alpha value is -2.14. The highest BCUT2D eigenvalue weighted by atomic mass is 16.5. The van der Waals surface area contributed by atoms with Crippen LogP contribution in [-0.2, 0) is 16.1 Å². The molecule has 1 aromatic heterocycles. The Bertz CT molecular complexity index is 643. The topological polar surface area (TPSA) is 47.4 Å². The van der Waals surface area contributed by atoms with E-state index in [4.69, 9.17) is 4.74 Å². The number of amides is 1. The summed E-state index contributed by atoms with van der Waals surface area (Å²) in [4.78, 5) is 14.4. The minimum absolute atomic E-state index is 0.0633. The average molecular weight is 313 g/mol. The van der Waals surface area contributed by atoms with E-state index in [2.05, 4.69) is 5.10 Å². The molecular formula is C18H23N3O2. The minimum atomic E-state index is -0.665. The number of benzene rings is 1. The fourth-order valence-corrected chi connectivity index (χ4v) is 3.03. The van der Waals surface area contributed by atoms with E-state index in [0.717, 1.165) is 30.5 Å². The van der Waals surface area contributed by atoms with Gasteiger partial charge in [-0.15, -0.1) is 0 Å². The minimum Gasteiger partial charge on any atom is -0.365 e. The summed E-state index contributed by atoms with van der Waals surface area (Å²) in [5.74, 6) is 0.0633. The molecule has 1 aromatic carbocycles. The van der Waals surface area contributed by atoms with Gasteiger partial charge in [-0.2, -0.15) is 5.10 Å². The summed E-state index contributed by atoms with van der Waals surface area (Å²) < 4.78 is 7.57. The van der Waals surface area contributed by atoms with Crippen molar-refractivity contribution in [3.63, 3.8) is 0 Å². The van der Waals surface area contributed by atoms with E-state index in [1.807, 2.05) is 55.2 Å². The van der Waals surface area contributed by atoms with Gasteiger partial charge in [0.25, 0.3) is 5.91 Å². The molecule has 2 aromatic rings. The van der Waals surface area contributed by atoms with Crippen LogP contribution in [0.3, 0.4) is 0 Å². The van der Waals surface area contributed by atoms with Crippen molar-refractivity contribution in [3.8, 4) is 5.69 Å². The van der Waals surface area contributed by atoms with E-state index < -0.39 is 5.60 Å². The van der Waals surface area contributed by atoms with Crippen LogP contribution >= 0.6 is 0 Å². The molecule has 0 unspecified atom stereocenters. The largest absolute Gasteiger partial charge is 0.365 e. The molecule has 1 amide bonds. The highest BCUT2D eigenvalue weighted by Gasteiger charge is 2.37. The molecule has 0 radical (unpaired) electrons. The van der Waals surface area contributed by atoms with Crippen LogP contribution < -0.4 is 0 Å². The van der Waals surface area contributed by atoms with E-state index in [-0.39, 0.29) is 5.91 Å². The fraction of sp³-hybridized carbons (Fsp3) is 0.444. The zero-order valence-corrected chi connectivity index (χ0v) is 13.7. The summed E-state index contributed by atoms with van der Waals surface area (Å²) in [5.41, 5.74) is 1.44. The molecule has 1 aliphatic heterocycles. The van der Waals surface area contributed by atoms with Crippen molar-refractivity contribution >= 4 is 5.91 Å². The molecule has 0 saturated carbocycles. The monoisotopic (exact) mass is 313 g/mol. The van der Waals surface area contributed by atoms with Crippen molar-refractivity contribution in [2.24, 2.45) is 0 Å². The van der Waals surface area contributed by atoms with Crippen LogP contribution in [0.5, 0.6) is 0 Å². The average Bonchev–Trinajstić information content (AvgIpc) is 3.10. The first kappa shape index (κ1) is 15.7. The molecule has 0 bridgehead atoms. The summed E-state index contributed by atoms with van der Waals surface area (Å²) in [6, 6.07) is 9.99. The second-order valence-corrected chi connectivity index (χ2v) is 6.31. The summed E-state index contributed by atoms with van der Waals surface area (Å²) >= 11 is 0. The van der Waals surface area contributed by atoms with E-state index in [0.29, 0.717) is 13.2 Å². The summed E-state index contributed by atoms with van der Waals surface area (Å²) in [6.07, 6.45) is 6.56. The van der Waals surface area contributed by atoms with Crippen molar-refractivity contribution in [2.45, 2.75) is 38.3 Å². The van der Waals surface area contributed by atoms with Gasteiger partial charge < -0.3 is 9.64 Å². The molecule has 0 aliphatic carbocycles. The molecule has 0 N–H and O–H groups in total. The molecule has 5 heteroatoms. The highest BCUT2D eigenvalue weighted by Crippen LogP contribution is 2.26. The van der Waals surface area contributed by atoms with Gasteiger partial charge in [0.15, 0.2) is 0 Å². The Balaban J connectivity index is 1.65. The van der Waals surface area contributed by atoms with Gasteiger partial charge in [0, 0.05) is 32.6 Å². The van der Waals surface area contributed by atoms with Gasteiger partial charge in [-0.1, -0.05) is 12.1 Å². The van der Waals surface area contributed by atoms with Gasteiger partial charge in [0.1, 0.15) is 5.60 Å².